The van der Waals surface area contributed by atoms with E-state index in [1.165, 1.54) is 44.2 Å². The lowest BCUT2D eigenvalue weighted by atomic mass is 9.95. The van der Waals surface area contributed by atoms with Crippen molar-refractivity contribution in [3.63, 3.8) is 0 Å². The van der Waals surface area contributed by atoms with E-state index >= 15 is 0 Å². The fraction of sp³-hybridized carbons (Fsp3) is 0.571. The molecule has 0 unspecified atom stereocenters. The van der Waals surface area contributed by atoms with Crippen LogP contribution in [0.2, 0.25) is 0 Å². The number of hydrogen-bond donors (Lipinski definition) is 1. The number of hydrogen-bond acceptors (Lipinski definition) is 1. The van der Waals surface area contributed by atoms with Crippen LogP contribution < -0.4 is 5.32 Å². The van der Waals surface area contributed by atoms with Crippen LogP contribution >= 0.6 is 0 Å². The molecule has 0 heterocycles. The van der Waals surface area contributed by atoms with E-state index in [2.05, 4.69) is 5.32 Å². The maximum Gasteiger partial charge on any atom is 0.159 e. The Hall–Kier alpha value is -0.960. The minimum absolute atomic E-state index is 0.619. The summed E-state index contributed by atoms with van der Waals surface area (Å²) in [4.78, 5) is 0. The zero-order valence-corrected chi connectivity index (χ0v) is 10.0. The van der Waals surface area contributed by atoms with Crippen LogP contribution in [0.15, 0.2) is 18.2 Å². The lowest BCUT2D eigenvalue weighted by molar-refractivity contribution is 0.375. The normalized spacial score (nSPS) is 17.3. The fourth-order valence-electron chi connectivity index (χ4n) is 2.42. The number of nitrogens with one attached hydrogen (secondary N) is 1. The first-order valence-corrected chi connectivity index (χ1v) is 6.43. The predicted octanol–water partition coefficient (Wildman–Crippen LogP) is 3.43. The monoisotopic (exact) mass is 239 g/mol. The van der Waals surface area contributed by atoms with Gasteiger partial charge in [-0.05, 0) is 43.5 Å². The minimum Gasteiger partial charge on any atom is -0.314 e. The molecule has 1 aromatic rings. The van der Waals surface area contributed by atoms with E-state index in [1.54, 1.807) is 6.07 Å². The average molecular weight is 239 g/mol. The lowest BCUT2D eigenvalue weighted by Crippen LogP contribution is -2.32. The fourth-order valence-corrected chi connectivity index (χ4v) is 2.42. The highest BCUT2D eigenvalue weighted by Gasteiger charge is 2.12. The van der Waals surface area contributed by atoms with E-state index < -0.39 is 11.6 Å². The van der Waals surface area contributed by atoms with Gasteiger partial charge >= 0.3 is 0 Å². The zero-order valence-electron chi connectivity index (χ0n) is 10.0. The van der Waals surface area contributed by atoms with Crippen molar-refractivity contribution in [3.8, 4) is 0 Å². The molecule has 0 saturated heterocycles. The van der Waals surface area contributed by atoms with Crippen LogP contribution in [0.4, 0.5) is 8.78 Å². The van der Waals surface area contributed by atoms with Gasteiger partial charge in [0.1, 0.15) is 0 Å². The molecule has 0 radical (unpaired) electrons. The Bertz CT molecular complexity index is 359. The molecular weight excluding hydrogens is 220 g/mol. The van der Waals surface area contributed by atoms with Gasteiger partial charge in [-0.25, -0.2) is 8.78 Å². The first-order valence-electron chi connectivity index (χ1n) is 6.43. The largest absolute Gasteiger partial charge is 0.314 e. The maximum atomic E-state index is 13.0. The summed E-state index contributed by atoms with van der Waals surface area (Å²) < 4.78 is 25.7. The maximum absolute atomic E-state index is 13.0. The smallest absolute Gasteiger partial charge is 0.159 e. The third kappa shape index (κ3) is 3.77. The summed E-state index contributed by atoms with van der Waals surface area (Å²) in [6.45, 7) is 0.843. The molecule has 1 N–H and O–H groups in total. The van der Waals surface area contributed by atoms with Crippen LogP contribution in [0, 0.1) is 11.6 Å². The Balaban J connectivity index is 1.75. The Morgan fingerprint density at radius 3 is 2.53 bits per heavy atom. The average Bonchev–Trinajstić information content (AvgIpc) is 2.35. The van der Waals surface area contributed by atoms with Gasteiger partial charge in [0, 0.05) is 6.04 Å². The van der Waals surface area contributed by atoms with Crippen molar-refractivity contribution >= 4 is 0 Å². The molecule has 1 aromatic carbocycles. The summed E-state index contributed by atoms with van der Waals surface area (Å²) in [7, 11) is 0. The molecule has 1 aliphatic rings. The summed E-state index contributed by atoms with van der Waals surface area (Å²) >= 11 is 0. The van der Waals surface area contributed by atoms with Crippen molar-refractivity contribution in [2.75, 3.05) is 6.54 Å². The first-order chi connectivity index (χ1) is 8.25. The summed E-state index contributed by atoms with van der Waals surface area (Å²) in [5, 5.41) is 3.49. The molecule has 0 aromatic heterocycles. The number of benzene rings is 1. The van der Waals surface area contributed by atoms with Crippen LogP contribution in [-0.4, -0.2) is 12.6 Å². The van der Waals surface area contributed by atoms with Crippen LogP contribution in [0.1, 0.15) is 37.7 Å². The molecule has 2 rings (SSSR count). The van der Waals surface area contributed by atoms with E-state index in [0.29, 0.717) is 6.04 Å². The molecule has 0 bridgehead atoms. The van der Waals surface area contributed by atoms with Crippen LogP contribution in [0.25, 0.3) is 0 Å². The molecule has 1 nitrogen and oxygen atoms in total. The highest BCUT2D eigenvalue weighted by Crippen LogP contribution is 2.17. The van der Waals surface area contributed by atoms with Gasteiger partial charge in [0.05, 0.1) is 0 Å². The van der Waals surface area contributed by atoms with Crippen molar-refractivity contribution in [2.24, 2.45) is 0 Å². The summed E-state index contributed by atoms with van der Waals surface area (Å²) in [5.41, 5.74) is 0.854. The van der Waals surface area contributed by atoms with E-state index in [1.807, 2.05) is 0 Å². The van der Waals surface area contributed by atoms with Gasteiger partial charge in [-0.3, -0.25) is 0 Å². The number of rotatable bonds is 4. The van der Waals surface area contributed by atoms with Gasteiger partial charge in [0.15, 0.2) is 11.6 Å². The van der Waals surface area contributed by atoms with Crippen molar-refractivity contribution in [1.29, 1.82) is 0 Å². The van der Waals surface area contributed by atoms with Crippen LogP contribution in [-0.2, 0) is 6.42 Å². The third-order valence-corrected chi connectivity index (χ3v) is 3.44. The molecule has 1 fully saturated rings. The molecule has 94 valence electrons. The molecule has 1 saturated carbocycles. The molecule has 0 atom stereocenters. The number of halogens is 2. The highest BCUT2D eigenvalue weighted by atomic mass is 19.2. The van der Waals surface area contributed by atoms with Gasteiger partial charge in [0.2, 0.25) is 0 Å². The molecule has 1 aliphatic carbocycles. The van der Waals surface area contributed by atoms with Crippen LogP contribution in [0.3, 0.4) is 0 Å². The van der Waals surface area contributed by atoms with Crippen molar-refractivity contribution in [1.82, 2.24) is 5.32 Å². The zero-order chi connectivity index (χ0) is 12.1. The second kappa shape index (κ2) is 6.10. The Morgan fingerprint density at radius 2 is 1.82 bits per heavy atom. The molecule has 0 spiro atoms. The molecular formula is C14H19F2N. The van der Waals surface area contributed by atoms with Crippen LogP contribution in [0.5, 0.6) is 0 Å². The van der Waals surface area contributed by atoms with E-state index in [0.717, 1.165) is 18.5 Å². The van der Waals surface area contributed by atoms with Gasteiger partial charge in [-0.2, -0.15) is 0 Å². The molecule has 17 heavy (non-hydrogen) atoms. The Kier molecular flexibility index (Phi) is 4.49. The lowest BCUT2D eigenvalue weighted by Gasteiger charge is -2.22. The van der Waals surface area contributed by atoms with Gasteiger partial charge in [0.25, 0.3) is 0 Å². The predicted molar refractivity (Wildman–Crippen MR) is 64.9 cm³/mol. The Labute approximate surface area is 101 Å². The van der Waals surface area contributed by atoms with E-state index in [4.69, 9.17) is 0 Å². The van der Waals surface area contributed by atoms with Crippen molar-refractivity contribution < 1.29 is 8.78 Å². The topological polar surface area (TPSA) is 12.0 Å². The third-order valence-electron chi connectivity index (χ3n) is 3.44. The van der Waals surface area contributed by atoms with E-state index in [-0.39, 0.29) is 0 Å². The van der Waals surface area contributed by atoms with Gasteiger partial charge in [-0.1, -0.05) is 25.3 Å². The molecule has 0 amide bonds. The van der Waals surface area contributed by atoms with Gasteiger partial charge < -0.3 is 5.32 Å². The van der Waals surface area contributed by atoms with Crippen molar-refractivity contribution in [2.45, 2.75) is 44.6 Å². The summed E-state index contributed by atoms with van der Waals surface area (Å²) in [6, 6.07) is 4.76. The second-order valence-corrected chi connectivity index (χ2v) is 4.79. The minimum atomic E-state index is -0.769. The van der Waals surface area contributed by atoms with E-state index in [9.17, 15) is 8.78 Å². The SMILES string of the molecule is Fc1ccc(CCNC2CCCCC2)cc1F. The second-order valence-electron chi connectivity index (χ2n) is 4.79. The molecule has 3 heteroatoms. The standard InChI is InChI=1S/C14H19F2N/c15-13-7-6-11(10-14(13)16)8-9-17-12-4-2-1-3-5-12/h6-7,10,12,17H,1-5,8-9H2. The molecule has 0 aliphatic heterocycles. The van der Waals surface area contributed by atoms with Gasteiger partial charge in [-0.15, -0.1) is 0 Å². The highest BCUT2D eigenvalue weighted by molar-refractivity contribution is 5.18. The summed E-state index contributed by atoms with van der Waals surface area (Å²) in [5.74, 6) is -1.52. The Morgan fingerprint density at radius 1 is 1.06 bits per heavy atom. The summed E-state index contributed by atoms with van der Waals surface area (Å²) in [6.07, 6.45) is 7.22. The quantitative estimate of drug-likeness (QED) is 0.848. The first kappa shape index (κ1) is 12.5. The van der Waals surface area contributed by atoms with Crippen molar-refractivity contribution in [3.05, 3.63) is 35.4 Å².